The number of benzene rings is 1. The van der Waals surface area contributed by atoms with Gasteiger partial charge in [0.25, 0.3) is 0 Å². The number of nitrogens with zero attached hydrogens (tertiary/aromatic N) is 4. The van der Waals surface area contributed by atoms with Crippen molar-refractivity contribution in [2.75, 3.05) is 0 Å². The van der Waals surface area contributed by atoms with Crippen LogP contribution in [0.25, 0.3) is 16.9 Å². The molecule has 0 unspecified atom stereocenters. The van der Waals surface area contributed by atoms with Crippen LogP contribution >= 0.6 is 11.6 Å². The molecule has 0 radical (unpaired) electrons. The van der Waals surface area contributed by atoms with Gasteiger partial charge in [0, 0.05) is 18.8 Å². The summed E-state index contributed by atoms with van der Waals surface area (Å²) in [5.41, 5.74) is 1.56. The highest BCUT2D eigenvalue weighted by Gasteiger charge is 2.14. The van der Waals surface area contributed by atoms with E-state index in [1.165, 1.54) is 6.20 Å². The van der Waals surface area contributed by atoms with Gasteiger partial charge in [-0.2, -0.15) is 4.98 Å². The lowest BCUT2D eigenvalue weighted by atomic mass is 10.3. The molecule has 0 saturated heterocycles. The summed E-state index contributed by atoms with van der Waals surface area (Å²) < 4.78 is 3.25. The van der Waals surface area contributed by atoms with Crippen molar-refractivity contribution in [3.05, 3.63) is 52.3 Å². The van der Waals surface area contributed by atoms with Gasteiger partial charge in [0.05, 0.1) is 11.0 Å². The van der Waals surface area contributed by atoms with Crippen molar-refractivity contribution < 1.29 is 0 Å². The standard InChI is InChI=1S/C13H11ClN4O/c1-2-17-9-5-3-4-6-10(9)18(13(17)19)11-7-8-15-12(14)16-11/h3-8H,2H2,1H3. The average molecular weight is 275 g/mol. The van der Waals surface area contributed by atoms with Crippen molar-refractivity contribution >= 4 is 22.6 Å². The molecule has 3 aromatic rings. The number of halogens is 1. The van der Waals surface area contributed by atoms with Gasteiger partial charge in [0.15, 0.2) is 0 Å². The van der Waals surface area contributed by atoms with Gasteiger partial charge in [0.1, 0.15) is 5.82 Å². The van der Waals surface area contributed by atoms with Gasteiger partial charge in [0.2, 0.25) is 5.28 Å². The van der Waals surface area contributed by atoms with Crippen molar-refractivity contribution in [3.63, 3.8) is 0 Å². The molecule has 0 N–H and O–H groups in total. The zero-order valence-electron chi connectivity index (χ0n) is 10.2. The Hall–Kier alpha value is -2.14. The fraction of sp³-hybridized carbons (Fsp3) is 0.154. The second kappa shape index (κ2) is 4.51. The quantitative estimate of drug-likeness (QED) is 0.674. The van der Waals surface area contributed by atoms with Crippen LogP contribution in [-0.2, 0) is 6.54 Å². The summed E-state index contributed by atoms with van der Waals surface area (Å²) in [6, 6.07) is 9.27. The number of rotatable bonds is 2. The first-order valence-corrected chi connectivity index (χ1v) is 6.29. The molecule has 0 bridgehead atoms. The maximum atomic E-state index is 12.5. The summed E-state index contributed by atoms with van der Waals surface area (Å²) in [7, 11) is 0. The molecule has 0 aliphatic carbocycles. The third kappa shape index (κ3) is 1.82. The molecule has 2 aromatic heterocycles. The van der Waals surface area contributed by atoms with Gasteiger partial charge >= 0.3 is 5.69 Å². The number of aryl methyl sites for hydroxylation is 1. The number of hydrogen-bond acceptors (Lipinski definition) is 3. The average Bonchev–Trinajstić information content (AvgIpc) is 2.70. The lowest BCUT2D eigenvalue weighted by Crippen LogP contribution is -2.23. The second-order valence-corrected chi connectivity index (χ2v) is 4.37. The third-order valence-electron chi connectivity index (χ3n) is 2.99. The Morgan fingerprint density at radius 1 is 1.21 bits per heavy atom. The van der Waals surface area contributed by atoms with E-state index in [0.717, 1.165) is 11.0 Å². The highest BCUT2D eigenvalue weighted by Crippen LogP contribution is 2.16. The molecule has 0 aliphatic rings. The first-order valence-electron chi connectivity index (χ1n) is 5.91. The van der Waals surface area contributed by atoms with Gasteiger partial charge in [-0.1, -0.05) is 12.1 Å². The number of aromatic nitrogens is 4. The van der Waals surface area contributed by atoms with Crippen LogP contribution in [0.5, 0.6) is 0 Å². The third-order valence-corrected chi connectivity index (χ3v) is 3.17. The molecule has 0 saturated carbocycles. The summed E-state index contributed by atoms with van der Waals surface area (Å²) >= 11 is 5.79. The molecule has 2 heterocycles. The number of imidazole rings is 1. The van der Waals surface area contributed by atoms with Gasteiger partial charge in [-0.25, -0.2) is 14.3 Å². The molecule has 1 aromatic carbocycles. The van der Waals surface area contributed by atoms with E-state index in [9.17, 15) is 4.79 Å². The summed E-state index contributed by atoms with van der Waals surface area (Å²) in [6.45, 7) is 2.54. The van der Waals surface area contributed by atoms with E-state index < -0.39 is 0 Å². The molecule has 6 heteroatoms. The molecule has 3 rings (SSSR count). The molecule has 0 spiro atoms. The fourth-order valence-corrected chi connectivity index (χ4v) is 2.33. The lowest BCUT2D eigenvalue weighted by molar-refractivity contribution is 0.729. The summed E-state index contributed by atoms with van der Waals surface area (Å²) in [5, 5.41) is 0.123. The second-order valence-electron chi connectivity index (χ2n) is 4.03. The summed E-state index contributed by atoms with van der Waals surface area (Å²) in [6.07, 6.45) is 1.54. The fourth-order valence-electron chi connectivity index (χ4n) is 2.19. The zero-order chi connectivity index (χ0) is 13.4. The monoisotopic (exact) mass is 274 g/mol. The van der Waals surface area contributed by atoms with Crippen LogP contribution in [-0.4, -0.2) is 19.1 Å². The van der Waals surface area contributed by atoms with Crippen molar-refractivity contribution in [2.24, 2.45) is 0 Å². The van der Waals surface area contributed by atoms with Crippen LogP contribution in [0.4, 0.5) is 0 Å². The predicted molar refractivity (Wildman–Crippen MR) is 73.8 cm³/mol. The lowest BCUT2D eigenvalue weighted by Gasteiger charge is -2.01. The molecule has 0 atom stereocenters. The van der Waals surface area contributed by atoms with E-state index >= 15 is 0 Å². The van der Waals surface area contributed by atoms with Crippen molar-refractivity contribution in [1.82, 2.24) is 19.1 Å². The Bertz CT molecular complexity index is 806. The van der Waals surface area contributed by atoms with E-state index in [1.54, 1.807) is 15.2 Å². The maximum absolute atomic E-state index is 12.5. The molecule has 19 heavy (non-hydrogen) atoms. The van der Waals surface area contributed by atoms with Crippen molar-refractivity contribution in [2.45, 2.75) is 13.5 Å². The van der Waals surface area contributed by atoms with Gasteiger partial charge in [-0.15, -0.1) is 0 Å². The smallest absolute Gasteiger partial charge is 0.292 e. The molecule has 0 amide bonds. The largest absolute Gasteiger partial charge is 0.334 e. The Morgan fingerprint density at radius 3 is 2.63 bits per heavy atom. The van der Waals surface area contributed by atoms with Crippen LogP contribution in [0, 0.1) is 0 Å². The number of hydrogen-bond donors (Lipinski definition) is 0. The van der Waals surface area contributed by atoms with Crippen LogP contribution in [0.2, 0.25) is 5.28 Å². The van der Waals surface area contributed by atoms with Gasteiger partial charge in [-0.3, -0.25) is 4.57 Å². The molecule has 5 nitrogen and oxygen atoms in total. The first kappa shape index (κ1) is 11.9. The molecule has 0 fully saturated rings. The van der Waals surface area contributed by atoms with E-state index in [2.05, 4.69) is 9.97 Å². The van der Waals surface area contributed by atoms with E-state index in [0.29, 0.717) is 12.4 Å². The molecule has 0 aliphatic heterocycles. The topological polar surface area (TPSA) is 52.7 Å². The first-order chi connectivity index (χ1) is 9.22. The van der Waals surface area contributed by atoms with Gasteiger partial charge in [-0.05, 0) is 30.7 Å². The van der Waals surface area contributed by atoms with E-state index in [-0.39, 0.29) is 11.0 Å². The minimum Gasteiger partial charge on any atom is -0.292 e. The Labute approximate surface area is 114 Å². The minimum atomic E-state index is -0.126. The zero-order valence-corrected chi connectivity index (χ0v) is 11.0. The molecular formula is C13H11ClN4O. The summed E-state index contributed by atoms with van der Waals surface area (Å²) in [5.74, 6) is 0.480. The SMILES string of the molecule is CCn1c(=O)n(-c2ccnc(Cl)n2)c2ccccc21. The minimum absolute atomic E-state index is 0.123. The van der Waals surface area contributed by atoms with Crippen molar-refractivity contribution in [1.29, 1.82) is 0 Å². The van der Waals surface area contributed by atoms with Crippen molar-refractivity contribution in [3.8, 4) is 5.82 Å². The Morgan fingerprint density at radius 2 is 1.95 bits per heavy atom. The highest BCUT2D eigenvalue weighted by molar-refractivity contribution is 6.28. The Balaban J connectivity index is 2.41. The van der Waals surface area contributed by atoms with Crippen LogP contribution in [0.1, 0.15) is 6.92 Å². The molecule has 96 valence electrons. The van der Waals surface area contributed by atoms with Gasteiger partial charge < -0.3 is 0 Å². The Kier molecular flexibility index (Phi) is 2.83. The molecular weight excluding hydrogens is 264 g/mol. The maximum Gasteiger partial charge on any atom is 0.334 e. The highest BCUT2D eigenvalue weighted by atomic mass is 35.5. The normalized spacial score (nSPS) is 11.1. The van der Waals surface area contributed by atoms with E-state index in [4.69, 9.17) is 11.6 Å². The van der Waals surface area contributed by atoms with Crippen LogP contribution in [0.15, 0.2) is 41.3 Å². The number of fused-ring (bicyclic) bond motifs is 1. The van der Waals surface area contributed by atoms with Crippen LogP contribution < -0.4 is 5.69 Å². The predicted octanol–water partition coefficient (Wildman–Crippen LogP) is 2.26. The summed E-state index contributed by atoms with van der Waals surface area (Å²) in [4.78, 5) is 20.4. The van der Waals surface area contributed by atoms with E-state index in [1.807, 2.05) is 31.2 Å². The van der Waals surface area contributed by atoms with Crippen LogP contribution in [0.3, 0.4) is 0 Å². The number of para-hydroxylation sites is 2.